The summed E-state index contributed by atoms with van der Waals surface area (Å²) >= 11 is 5.90. The third-order valence-corrected chi connectivity index (χ3v) is 10.2. The van der Waals surface area contributed by atoms with Gasteiger partial charge in [0, 0.05) is 11.1 Å². The van der Waals surface area contributed by atoms with E-state index in [1.807, 2.05) is 0 Å². The van der Waals surface area contributed by atoms with E-state index in [4.69, 9.17) is 11.6 Å². The Balaban J connectivity index is 2.05. The Morgan fingerprint density at radius 1 is 0.778 bits per heavy atom. The Bertz CT molecular complexity index is 1620. The lowest BCUT2D eigenvalue weighted by Crippen LogP contribution is -2.37. The molecular weight excluding hydrogens is 570 g/mol. The molecule has 0 aromatic heterocycles. The van der Waals surface area contributed by atoms with Crippen LogP contribution < -0.4 is 4.72 Å². The first-order chi connectivity index (χ1) is 16.5. The van der Waals surface area contributed by atoms with E-state index < -0.39 is 66.6 Å². The fourth-order valence-electron chi connectivity index (χ4n) is 3.13. The van der Waals surface area contributed by atoms with Crippen LogP contribution in [0.3, 0.4) is 0 Å². The molecule has 0 aliphatic rings. The highest BCUT2D eigenvalue weighted by Gasteiger charge is 2.46. The molecule has 3 aromatic rings. The van der Waals surface area contributed by atoms with Crippen LogP contribution in [0.1, 0.15) is 18.5 Å². The van der Waals surface area contributed by atoms with Crippen LogP contribution in [-0.4, -0.2) is 30.8 Å². The molecule has 1 atom stereocenters. The number of sulfone groups is 2. The van der Waals surface area contributed by atoms with E-state index >= 15 is 0 Å². The normalized spacial score (nSPS) is 13.9. The fourth-order valence-corrected chi connectivity index (χ4v) is 7.51. The van der Waals surface area contributed by atoms with E-state index in [0.717, 1.165) is 61.5 Å². The zero-order valence-corrected chi connectivity index (χ0v) is 21.2. The zero-order chi connectivity index (χ0) is 27.1. The van der Waals surface area contributed by atoms with Crippen LogP contribution >= 0.6 is 11.6 Å². The summed E-state index contributed by atoms with van der Waals surface area (Å²) in [6.45, 7) is 1.12. The zero-order valence-electron chi connectivity index (χ0n) is 18.0. The van der Waals surface area contributed by atoms with E-state index in [1.165, 1.54) is 16.9 Å². The monoisotopic (exact) mass is 585 g/mol. The predicted molar refractivity (Wildman–Crippen MR) is 122 cm³/mol. The Labute approximate surface area is 209 Å². The van der Waals surface area contributed by atoms with Crippen molar-refractivity contribution >= 4 is 41.3 Å². The van der Waals surface area contributed by atoms with E-state index in [0.29, 0.717) is 0 Å². The Hall–Kier alpha value is -2.52. The standard InChI is InChI=1S/C21H16ClF4NO6S3/c1-13(27-36(32,33)21(24,25)26)14-6-9-16(10-7-14)34(28,29)19-11-8-15(22)12-20(19)35(30,31)18-5-3-2-4-17(18)23/h2-13,27H,1H3/t13-/m1/s1. The van der Waals surface area contributed by atoms with Gasteiger partial charge in [-0.1, -0.05) is 35.9 Å². The van der Waals surface area contributed by atoms with Crippen molar-refractivity contribution in [3.63, 3.8) is 0 Å². The van der Waals surface area contributed by atoms with Crippen molar-refractivity contribution in [1.82, 2.24) is 4.72 Å². The lowest BCUT2D eigenvalue weighted by Gasteiger charge is -2.17. The maximum absolute atomic E-state index is 14.3. The highest BCUT2D eigenvalue weighted by molar-refractivity contribution is 7.94. The number of benzene rings is 3. The van der Waals surface area contributed by atoms with Gasteiger partial charge in [-0.15, -0.1) is 0 Å². The lowest BCUT2D eigenvalue weighted by molar-refractivity contribution is -0.0450. The van der Waals surface area contributed by atoms with Gasteiger partial charge in [-0.2, -0.15) is 13.2 Å². The van der Waals surface area contributed by atoms with Crippen molar-refractivity contribution in [1.29, 1.82) is 0 Å². The summed E-state index contributed by atoms with van der Waals surface area (Å²) in [5.41, 5.74) is -5.55. The summed E-state index contributed by atoms with van der Waals surface area (Å²) in [6, 6.07) is 9.96. The third-order valence-electron chi connectivity index (χ3n) is 4.94. The SMILES string of the molecule is C[C@@H](NS(=O)(=O)C(F)(F)F)c1ccc(S(=O)(=O)c2ccc(Cl)cc2S(=O)(=O)c2ccccc2F)cc1. The first kappa shape index (κ1) is 28.1. The quantitative estimate of drug-likeness (QED) is 0.404. The summed E-state index contributed by atoms with van der Waals surface area (Å²) in [5, 5.41) is -0.134. The molecule has 0 spiro atoms. The van der Waals surface area contributed by atoms with E-state index in [9.17, 15) is 42.8 Å². The maximum atomic E-state index is 14.3. The Kier molecular flexibility index (Phi) is 7.59. The first-order valence-electron chi connectivity index (χ1n) is 9.71. The van der Waals surface area contributed by atoms with E-state index in [-0.39, 0.29) is 10.6 Å². The molecule has 15 heteroatoms. The van der Waals surface area contributed by atoms with Crippen LogP contribution in [0.5, 0.6) is 0 Å². The minimum Gasteiger partial charge on any atom is -0.218 e. The molecule has 0 heterocycles. The van der Waals surface area contributed by atoms with Crippen LogP contribution in [0.25, 0.3) is 0 Å². The van der Waals surface area contributed by atoms with Gasteiger partial charge in [-0.3, -0.25) is 0 Å². The molecule has 0 saturated carbocycles. The van der Waals surface area contributed by atoms with Gasteiger partial charge < -0.3 is 0 Å². The summed E-state index contributed by atoms with van der Waals surface area (Å²) in [5.74, 6) is -1.11. The first-order valence-corrected chi connectivity index (χ1v) is 14.5. The predicted octanol–water partition coefficient (Wildman–Crippen LogP) is 4.64. The second-order valence-corrected chi connectivity index (χ2v) is 13.3. The smallest absolute Gasteiger partial charge is 0.218 e. The van der Waals surface area contributed by atoms with Gasteiger partial charge in [0.1, 0.15) is 10.7 Å². The van der Waals surface area contributed by atoms with E-state index in [2.05, 4.69) is 0 Å². The highest BCUT2D eigenvalue weighted by atomic mass is 35.5. The van der Waals surface area contributed by atoms with E-state index in [1.54, 1.807) is 0 Å². The van der Waals surface area contributed by atoms with Crippen molar-refractivity contribution in [3.05, 3.63) is 83.1 Å². The van der Waals surface area contributed by atoms with Crippen molar-refractivity contribution in [2.24, 2.45) is 0 Å². The number of rotatable bonds is 7. The number of nitrogens with one attached hydrogen (secondary N) is 1. The van der Waals surface area contributed by atoms with Gasteiger partial charge in [0.15, 0.2) is 0 Å². The van der Waals surface area contributed by atoms with Crippen molar-refractivity contribution in [3.8, 4) is 0 Å². The minimum absolute atomic E-state index is 0.00270. The number of hydrogen-bond acceptors (Lipinski definition) is 6. The fraction of sp³-hybridized carbons (Fsp3) is 0.143. The molecule has 0 bridgehead atoms. The van der Waals surface area contributed by atoms with Crippen LogP contribution in [0.2, 0.25) is 5.02 Å². The van der Waals surface area contributed by atoms with Crippen molar-refractivity contribution in [2.75, 3.05) is 0 Å². The lowest BCUT2D eigenvalue weighted by atomic mass is 10.1. The largest absolute Gasteiger partial charge is 0.511 e. The molecule has 0 saturated heterocycles. The van der Waals surface area contributed by atoms with Gasteiger partial charge in [0.05, 0.1) is 14.7 Å². The average Bonchev–Trinajstić information content (AvgIpc) is 2.78. The summed E-state index contributed by atoms with van der Waals surface area (Å²) in [6.07, 6.45) is 0. The van der Waals surface area contributed by atoms with Crippen LogP contribution in [-0.2, 0) is 29.7 Å². The van der Waals surface area contributed by atoms with Gasteiger partial charge in [0.2, 0.25) is 19.7 Å². The van der Waals surface area contributed by atoms with Crippen molar-refractivity contribution in [2.45, 2.75) is 38.1 Å². The van der Waals surface area contributed by atoms with Gasteiger partial charge in [-0.05, 0) is 55.0 Å². The molecule has 1 N–H and O–H groups in total. The second-order valence-electron chi connectivity index (χ2n) is 7.39. The van der Waals surface area contributed by atoms with Crippen LogP contribution in [0.15, 0.2) is 86.3 Å². The molecule has 0 fully saturated rings. The third kappa shape index (κ3) is 5.42. The molecule has 0 unspecified atom stereocenters. The number of sulfonamides is 1. The topological polar surface area (TPSA) is 114 Å². The molecule has 0 aliphatic carbocycles. The van der Waals surface area contributed by atoms with Crippen molar-refractivity contribution < 1.29 is 42.8 Å². The molecule has 3 aromatic carbocycles. The Morgan fingerprint density at radius 2 is 1.36 bits per heavy atom. The number of halogens is 5. The maximum Gasteiger partial charge on any atom is 0.511 e. The van der Waals surface area contributed by atoms with Crippen LogP contribution in [0.4, 0.5) is 17.6 Å². The average molecular weight is 586 g/mol. The van der Waals surface area contributed by atoms with Gasteiger partial charge >= 0.3 is 15.5 Å². The highest BCUT2D eigenvalue weighted by Crippen LogP contribution is 2.34. The summed E-state index contributed by atoms with van der Waals surface area (Å²) in [4.78, 5) is -2.72. The van der Waals surface area contributed by atoms with Crippen LogP contribution in [0, 0.1) is 5.82 Å². The molecule has 194 valence electrons. The molecule has 0 radical (unpaired) electrons. The molecule has 0 aliphatic heterocycles. The summed E-state index contributed by atoms with van der Waals surface area (Å²) in [7, 11) is -14.9. The molecule has 3 rings (SSSR count). The Morgan fingerprint density at radius 3 is 1.92 bits per heavy atom. The number of hydrogen-bond donors (Lipinski definition) is 1. The molecule has 36 heavy (non-hydrogen) atoms. The van der Waals surface area contributed by atoms with Gasteiger partial charge in [0.25, 0.3) is 0 Å². The number of alkyl halides is 3. The minimum atomic E-state index is -5.66. The molecular formula is C21H16ClF4NO6S3. The second kappa shape index (κ2) is 9.74. The summed E-state index contributed by atoms with van der Waals surface area (Å²) < 4.78 is 129. The molecule has 7 nitrogen and oxygen atoms in total. The molecule has 0 amide bonds. The van der Waals surface area contributed by atoms with Gasteiger partial charge in [-0.25, -0.2) is 34.4 Å².